The van der Waals surface area contributed by atoms with Gasteiger partial charge >= 0.3 is 6.18 Å². The lowest BCUT2D eigenvalue weighted by Crippen LogP contribution is -2.42. The highest BCUT2D eigenvalue weighted by molar-refractivity contribution is 7.10. The highest BCUT2D eigenvalue weighted by Crippen LogP contribution is 2.54. The lowest BCUT2D eigenvalue weighted by molar-refractivity contribution is -0.142. The molecule has 0 bridgehead atoms. The molecule has 12 heteroatoms. The van der Waals surface area contributed by atoms with Gasteiger partial charge in [-0.1, -0.05) is 18.2 Å². The average molecular weight is 592 g/mol. The molecule has 1 atom stereocenters. The first kappa shape index (κ1) is 27.8. The number of nitrogens with zero attached hydrogens (tertiary/aromatic N) is 2. The summed E-state index contributed by atoms with van der Waals surface area (Å²) < 4.78 is 66.4. The number of allylic oxidation sites excluding steroid dienone is 2. The Kier molecular flexibility index (Phi) is 6.68. The molecule has 41 heavy (non-hydrogen) atoms. The topological polar surface area (TPSA) is 86.3 Å². The summed E-state index contributed by atoms with van der Waals surface area (Å²) in [7, 11) is 0. The third-order valence-corrected chi connectivity index (χ3v) is 9.33. The number of aromatic amines is 1. The maximum Gasteiger partial charge on any atom is 0.416 e. The predicted molar refractivity (Wildman–Crippen MR) is 141 cm³/mol. The fraction of sp³-hybridized carbons (Fsp3) is 0.414. The van der Waals surface area contributed by atoms with Gasteiger partial charge in [0.15, 0.2) is 6.10 Å². The molecule has 216 valence electrons. The van der Waals surface area contributed by atoms with Crippen LogP contribution in [0.1, 0.15) is 76.9 Å². The number of halogens is 5. The van der Waals surface area contributed by atoms with Gasteiger partial charge in [0, 0.05) is 30.7 Å². The second kappa shape index (κ2) is 9.87. The first-order valence-electron chi connectivity index (χ1n) is 13.3. The Morgan fingerprint density at radius 1 is 1.15 bits per heavy atom. The molecule has 0 radical (unpaired) electrons. The normalized spacial score (nSPS) is 20.2. The van der Waals surface area contributed by atoms with E-state index in [0.717, 1.165) is 47.1 Å². The first-order chi connectivity index (χ1) is 19.4. The number of aliphatic hydroxyl groups is 1. The van der Waals surface area contributed by atoms with Crippen molar-refractivity contribution in [3.8, 4) is 0 Å². The van der Waals surface area contributed by atoms with Crippen LogP contribution >= 0.6 is 11.3 Å². The van der Waals surface area contributed by atoms with E-state index in [-0.39, 0.29) is 43.5 Å². The molecular formula is C29H26F5N3O3S. The molecule has 3 aromatic rings. The van der Waals surface area contributed by atoms with Crippen LogP contribution in [-0.2, 0) is 29.4 Å². The lowest BCUT2D eigenvalue weighted by Gasteiger charge is -2.30. The zero-order valence-corrected chi connectivity index (χ0v) is 22.5. The Balaban J connectivity index is 1.20. The van der Waals surface area contributed by atoms with Gasteiger partial charge in [-0.05, 0) is 59.5 Å². The average Bonchev–Trinajstić information content (AvgIpc) is 3.61. The Morgan fingerprint density at radius 2 is 1.93 bits per heavy atom. The van der Waals surface area contributed by atoms with Crippen molar-refractivity contribution in [2.24, 2.45) is 0 Å². The number of aromatic nitrogens is 2. The van der Waals surface area contributed by atoms with Crippen LogP contribution in [0.2, 0.25) is 0 Å². The number of hydrogen-bond acceptors (Lipinski definition) is 5. The molecule has 1 amide bonds. The molecule has 1 fully saturated rings. The number of aliphatic hydroxyl groups excluding tert-OH is 1. The lowest BCUT2D eigenvalue weighted by atomic mass is 9.92. The third kappa shape index (κ3) is 5.23. The smallest absolute Gasteiger partial charge is 0.378 e. The minimum absolute atomic E-state index is 0.123. The number of benzene rings is 1. The van der Waals surface area contributed by atoms with Crippen LogP contribution in [0, 0.1) is 0 Å². The van der Waals surface area contributed by atoms with E-state index in [9.17, 15) is 36.6 Å². The third-order valence-electron chi connectivity index (χ3n) is 8.20. The van der Waals surface area contributed by atoms with Crippen LogP contribution < -0.4 is 5.56 Å². The van der Waals surface area contributed by atoms with Crippen LogP contribution in [0.3, 0.4) is 0 Å². The number of fused-ring (bicyclic) bond motifs is 1. The molecule has 3 aliphatic rings. The van der Waals surface area contributed by atoms with E-state index < -0.39 is 40.6 Å². The number of nitrogens with one attached hydrogen (secondary N) is 1. The molecule has 0 saturated heterocycles. The van der Waals surface area contributed by atoms with Crippen LogP contribution in [0.15, 0.2) is 46.6 Å². The number of hydrogen-bond donors (Lipinski definition) is 2. The highest BCUT2D eigenvalue weighted by atomic mass is 32.1. The fourth-order valence-electron chi connectivity index (χ4n) is 5.58. The quantitative estimate of drug-likeness (QED) is 0.370. The molecule has 3 heterocycles. The summed E-state index contributed by atoms with van der Waals surface area (Å²) in [4.78, 5) is 36.1. The zero-order chi connectivity index (χ0) is 29.2. The second-order valence-corrected chi connectivity index (χ2v) is 11.9. The van der Waals surface area contributed by atoms with E-state index in [1.54, 1.807) is 6.08 Å². The van der Waals surface area contributed by atoms with Crippen LogP contribution in [0.5, 0.6) is 0 Å². The molecule has 1 aromatic carbocycles. The standard InChI is InChI=1S/C29H26F5N3O3S/c30-28(31)7-4-16(5-8-28)18-13-22(41-15-18)27(9-10-27)26-35-21-6-11-37(14-20(21)24(39)36-26)25(40)23(38)17-2-1-3-19(12-17)29(32,33)34/h1-4,12-13,15,23,38H,5-11,14H2,(H,35,36,39)/t23-/m1/s1. The minimum Gasteiger partial charge on any atom is -0.378 e. The number of H-pyrrole nitrogens is 1. The Bertz CT molecular complexity index is 1610. The molecule has 2 N–H and O–H groups in total. The van der Waals surface area contributed by atoms with Gasteiger partial charge in [0.1, 0.15) is 5.82 Å². The SMILES string of the molecule is O=C([C@H](O)c1cccc(C(F)(F)F)c1)N1CCc2nc(C3(c4cc(C5=CCC(F)(F)CC5)cs4)CC3)[nH]c(=O)c2C1. The van der Waals surface area contributed by atoms with Crippen molar-refractivity contribution in [2.75, 3.05) is 6.54 Å². The maximum atomic E-state index is 13.6. The molecule has 6 nitrogen and oxygen atoms in total. The Morgan fingerprint density at radius 3 is 2.61 bits per heavy atom. The Hall–Kier alpha value is -3.38. The molecule has 0 unspecified atom stereocenters. The number of carbonyl (C=O) groups is 1. The number of alkyl halides is 5. The summed E-state index contributed by atoms with van der Waals surface area (Å²) >= 11 is 1.52. The molecule has 0 spiro atoms. The van der Waals surface area contributed by atoms with E-state index in [2.05, 4.69) is 4.98 Å². The van der Waals surface area contributed by atoms with Gasteiger partial charge in [0.05, 0.1) is 28.8 Å². The van der Waals surface area contributed by atoms with Crippen molar-refractivity contribution in [3.05, 3.63) is 90.8 Å². The van der Waals surface area contributed by atoms with Crippen LogP contribution in [0.4, 0.5) is 22.0 Å². The summed E-state index contributed by atoms with van der Waals surface area (Å²) in [5.74, 6) is -2.93. The number of rotatable bonds is 5. The van der Waals surface area contributed by atoms with Gasteiger partial charge < -0.3 is 15.0 Å². The monoisotopic (exact) mass is 591 g/mol. The number of amides is 1. The first-order valence-corrected chi connectivity index (χ1v) is 14.2. The summed E-state index contributed by atoms with van der Waals surface area (Å²) in [6.07, 6.45) is -3.15. The molecule has 1 saturated carbocycles. The van der Waals surface area contributed by atoms with Gasteiger partial charge in [-0.3, -0.25) is 9.59 Å². The van der Waals surface area contributed by atoms with Crippen molar-refractivity contribution < 1.29 is 31.9 Å². The molecular weight excluding hydrogens is 565 g/mol. The van der Waals surface area contributed by atoms with Gasteiger partial charge in [-0.15, -0.1) is 11.3 Å². The molecule has 1 aliphatic heterocycles. The molecule has 2 aliphatic carbocycles. The number of thiophene rings is 1. The zero-order valence-electron chi connectivity index (χ0n) is 21.7. The largest absolute Gasteiger partial charge is 0.416 e. The summed E-state index contributed by atoms with van der Waals surface area (Å²) in [6, 6.07) is 5.99. The van der Waals surface area contributed by atoms with Crippen molar-refractivity contribution in [1.29, 1.82) is 0 Å². The second-order valence-electron chi connectivity index (χ2n) is 10.9. The van der Waals surface area contributed by atoms with Crippen molar-refractivity contribution >= 4 is 22.8 Å². The van der Waals surface area contributed by atoms with E-state index in [1.165, 1.54) is 22.3 Å². The van der Waals surface area contributed by atoms with Crippen molar-refractivity contribution in [3.63, 3.8) is 0 Å². The summed E-state index contributed by atoms with van der Waals surface area (Å²) in [6.45, 7) is 0.0222. The Labute approximate surface area is 235 Å². The van der Waals surface area contributed by atoms with E-state index in [4.69, 9.17) is 4.98 Å². The number of carbonyl (C=O) groups excluding carboxylic acids is 1. The van der Waals surface area contributed by atoms with Gasteiger partial charge in [0.25, 0.3) is 17.4 Å². The van der Waals surface area contributed by atoms with E-state index in [1.807, 2.05) is 11.4 Å². The van der Waals surface area contributed by atoms with Gasteiger partial charge in [0.2, 0.25) is 0 Å². The molecule has 2 aromatic heterocycles. The highest BCUT2D eigenvalue weighted by Gasteiger charge is 2.50. The molecule has 6 rings (SSSR count). The van der Waals surface area contributed by atoms with E-state index in [0.29, 0.717) is 17.9 Å². The maximum absolute atomic E-state index is 13.6. The predicted octanol–water partition coefficient (Wildman–Crippen LogP) is 5.75. The van der Waals surface area contributed by atoms with Gasteiger partial charge in [-0.2, -0.15) is 13.2 Å². The fourth-order valence-corrected chi connectivity index (χ4v) is 6.77. The van der Waals surface area contributed by atoms with Gasteiger partial charge in [-0.25, -0.2) is 13.8 Å². The van der Waals surface area contributed by atoms with Crippen LogP contribution in [0.25, 0.3) is 5.57 Å². The van der Waals surface area contributed by atoms with E-state index >= 15 is 0 Å². The minimum atomic E-state index is -4.62. The van der Waals surface area contributed by atoms with Crippen molar-refractivity contribution in [2.45, 2.75) is 68.7 Å². The van der Waals surface area contributed by atoms with Crippen molar-refractivity contribution in [1.82, 2.24) is 14.9 Å². The van der Waals surface area contributed by atoms with Crippen LogP contribution in [-0.4, -0.2) is 38.3 Å². The summed E-state index contributed by atoms with van der Waals surface area (Å²) in [5.41, 5.74) is 0.630. The summed E-state index contributed by atoms with van der Waals surface area (Å²) in [5, 5.41) is 12.5.